The van der Waals surface area contributed by atoms with Gasteiger partial charge in [0, 0.05) is 22.6 Å². The molecule has 8 nitrogen and oxygen atoms in total. The topological polar surface area (TPSA) is 96.0 Å². The van der Waals surface area contributed by atoms with Crippen molar-refractivity contribution in [3.8, 4) is 5.75 Å². The maximum atomic E-state index is 13.9. The maximum Gasteiger partial charge on any atom is 0.264 e. The van der Waals surface area contributed by atoms with E-state index in [1.54, 1.807) is 49.4 Å². The molecule has 3 aromatic carbocycles. The molecule has 0 unspecified atom stereocenters. The van der Waals surface area contributed by atoms with Gasteiger partial charge >= 0.3 is 0 Å². The second-order valence-corrected chi connectivity index (χ2v) is 12.0. The van der Waals surface area contributed by atoms with Crippen LogP contribution in [0.2, 0.25) is 10.0 Å². The highest BCUT2D eigenvalue weighted by molar-refractivity contribution is 7.92. The number of carbonyl (C=O) groups is 2. The Morgan fingerprint density at radius 1 is 0.950 bits per heavy atom. The molecule has 0 aliphatic rings. The number of nitrogens with one attached hydrogen (secondary N) is 1. The van der Waals surface area contributed by atoms with E-state index in [1.165, 1.54) is 42.3 Å². The monoisotopic (exact) mass is 605 g/mol. The van der Waals surface area contributed by atoms with Gasteiger partial charge < -0.3 is 15.0 Å². The summed E-state index contributed by atoms with van der Waals surface area (Å²) in [5.41, 5.74) is 0.896. The minimum absolute atomic E-state index is 0.0370. The quantitative estimate of drug-likeness (QED) is 0.293. The zero-order chi connectivity index (χ0) is 29.4. The van der Waals surface area contributed by atoms with Crippen LogP contribution in [0.5, 0.6) is 5.75 Å². The second-order valence-electron chi connectivity index (χ2n) is 9.31. The molecule has 2 amide bonds. The number of sulfonamides is 1. The smallest absolute Gasteiger partial charge is 0.264 e. The Kier molecular flexibility index (Phi) is 10.8. The molecular formula is C29H33Cl2N3O5S. The second kappa shape index (κ2) is 13.9. The largest absolute Gasteiger partial charge is 0.497 e. The van der Waals surface area contributed by atoms with Crippen LogP contribution in [-0.4, -0.2) is 50.9 Å². The lowest BCUT2D eigenvalue weighted by Gasteiger charge is -2.32. The SMILES string of the molecule is CC[C@@H](C)NC(=O)[C@@H](C)N(Cc1cccc(Cl)c1)C(=O)CN(c1cccc(Cl)c1)S(=O)(=O)c1ccc(OC)cc1. The first-order chi connectivity index (χ1) is 19.0. The maximum absolute atomic E-state index is 13.9. The highest BCUT2D eigenvalue weighted by Crippen LogP contribution is 2.28. The summed E-state index contributed by atoms with van der Waals surface area (Å²) < 4.78 is 33.9. The zero-order valence-electron chi connectivity index (χ0n) is 22.8. The van der Waals surface area contributed by atoms with Gasteiger partial charge in [0.2, 0.25) is 11.8 Å². The molecule has 0 aromatic heterocycles. The summed E-state index contributed by atoms with van der Waals surface area (Å²) >= 11 is 12.4. The fourth-order valence-corrected chi connectivity index (χ4v) is 5.72. The molecule has 40 heavy (non-hydrogen) atoms. The van der Waals surface area contributed by atoms with E-state index in [0.29, 0.717) is 27.8 Å². The van der Waals surface area contributed by atoms with Crippen molar-refractivity contribution in [3.63, 3.8) is 0 Å². The number of ether oxygens (including phenoxy) is 1. The summed E-state index contributed by atoms with van der Waals surface area (Å²) in [6, 6.07) is 18.0. The van der Waals surface area contributed by atoms with Crippen LogP contribution in [0.1, 0.15) is 32.8 Å². The van der Waals surface area contributed by atoms with Crippen molar-refractivity contribution in [2.75, 3.05) is 18.0 Å². The van der Waals surface area contributed by atoms with E-state index < -0.39 is 28.5 Å². The van der Waals surface area contributed by atoms with E-state index in [1.807, 2.05) is 13.8 Å². The van der Waals surface area contributed by atoms with Crippen molar-refractivity contribution in [1.29, 1.82) is 0 Å². The molecular weight excluding hydrogens is 573 g/mol. The molecule has 2 atom stereocenters. The van der Waals surface area contributed by atoms with E-state index in [9.17, 15) is 18.0 Å². The first-order valence-corrected chi connectivity index (χ1v) is 14.9. The Morgan fingerprint density at radius 2 is 1.57 bits per heavy atom. The number of hydrogen-bond donors (Lipinski definition) is 1. The normalized spacial score (nSPS) is 12.8. The molecule has 3 rings (SSSR count). The molecule has 0 heterocycles. The number of nitrogens with zero attached hydrogens (tertiary/aromatic N) is 2. The highest BCUT2D eigenvalue weighted by atomic mass is 35.5. The molecule has 0 saturated carbocycles. The summed E-state index contributed by atoms with van der Waals surface area (Å²) in [6.45, 7) is 4.89. The number of amides is 2. The number of carbonyl (C=O) groups excluding carboxylic acids is 2. The van der Waals surface area contributed by atoms with Crippen LogP contribution in [0.15, 0.2) is 77.7 Å². The zero-order valence-corrected chi connectivity index (χ0v) is 25.1. The molecule has 0 spiro atoms. The third kappa shape index (κ3) is 7.90. The number of anilines is 1. The van der Waals surface area contributed by atoms with Gasteiger partial charge in [0.15, 0.2) is 0 Å². The molecule has 0 saturated heterocycles. The standard InChI is InChI=1S/C29H33Cl2N3O5S/c1-5-20(2)32-29(36)21(3)33(18-22-8-6-9-23(30)16-22)28(35)19-34(25-11-7-10-24(31)17-25)40(37,38)27-14-12-26(39-4)13-15-27/h6-17,20-21H,5,18-19H2,1-4H3,(H,32,36)/t20-,21-/m1/s1. The van der Waals surface area contributed by atoms with Crippen LogP contribution in [0, 0.1) is 0 Å². The Balaban J connectivity index is 2.03. The van der Waals surface area contributed by atoms with Gasteiger partial charge in [-0.2, -0.15) is 0 Å². The lowest BCUT2D eigenvalue weighted by atomic mass is 10.1. The number of halogens is 2. The molecule has 0 aliphatic carbocycles. The summed E-state index contributed by atoms with van der Waals surface area (Å²) in [6.07, 6.45) is 0.712. The van der Waals surface area contributed by atoms with E-state index >= 15 is 0 Å². The third-order valence-corrected chi connectivity index (χ3v) is 8.69. The first kappa shape index (κ1) is 31.3. The molecule has 214 valence electrons. The van der Waals surface area contributed by atoms with Gasteiger partial charge in [-0.05, 0) is 80.4 Å². The van der Waals surface area contributed by atoms with Crippen LogP contribution in [0.25, 0.3) is 0 Å². The van der Waals surface area contributed by atoms with Crippen molar-refractivity contribution < 1.29 is 22.7 Å². The van der Waals surface area contributed by atoms with Gasteiger partial charge in [-0.25, -0.2) is 8.42 Å². The van der Waals surface area contributed by atoms with Crippen molar-refractivity contribution in [3.05, 3.63) is 88.4 Å². The average molecular weight is 607 g/mol. The van der Waals surface area contributed by atoms with Crippen LogP contribution in [0.4, 0.5) is 5.69 Å². The van der Waals surface area contributed by atoms with E-state index in [4.69, 9.17) is 27.9 Å². The summed E-state index contributed by atoms with van der Waals surface area (Å²) in [5, 5.41) is 3.68. The predicted octanol–water partition coefficient (Wildman–Crippen LogP) is 5.53. The number of benzene rings is 3. The molecule has 1 N–H and O–H groups in total. The van der Waals surface area contributed by atoms with Crippen molar-refractivity contribution >= 4 is 50.7 Å². The molecule has 0 aliphatic heterocycles. The van der Waals surface area contributed by atoms with Gasteiger partial charge in [0.25, 0.3) is 10.0 Å². The van der Waals surface area contributed by atoms with Crippen molar-refractivity contribution in [2.24, 2.45) is 0 Å². The van der Waals surface area contributed by atoms with Crippen LogP contribution < -0.4 is 14.4 Å². The fourth-order valence-electron chi connectivity index (χ4n) is 3.92. The fraction of sp³-hybridized carbons (Fsp3) is 0.310. The van der Waals surface area contributed by atoms with Gasteiger partial charge in [-0.1, -0.05) is 48.3 Å². The molecule has 11 heteroatoms. The summed E-state index contributed by atoms with van der Waals surface area (Å²) in [4.78, 5) is 28.4. The van der Waals surface area contributed by atoms with Gasteiger partial charge in [0.1, 0.15) is 18.3 Å². The number of methoxy groups -OCH3 is 1. The number of hydrogen-bond acceptors (Lipinski definition) is 5. The predicted molar refractivity (Wildman–Crippen MR) is 158 cm³/mol. The molecule has 3 aromatic rings. The summed E-state index contributed by atoms with van der Waals surface area (Å²) in [7, 11) is -2.74. The molecule has 0 fully saturated rings. The lowest BCUT2D eigenvalue weighted by molar-refractivity contribution is -0.139. The minimum Gasteiger partial charge on any atom is -0.497 e. The summed E-state index contributed by atoms with van der Waals surface area (Å²) in [5.74, 6) is -0.445. The van der Waals surface area contributed by atoms with Crippen molar-refractivity contribution in [2.45, 2.75) is 50.7 Å². The Labute approximate surface area is 245 Å². The minimum atomic E-state index is -4.22. The average Bonchev–Trinajstić information content (AvgIpc) is 2.93. The van der Waals surface area contributed by atoms with Gasteiger partial charge in [0.05, 0.1) is 17.7 Å². The van der Waals surface area contributed by atoms with E-state index in [0.717, 1.165) is 4.31 Å². The molecule has 0 bridgehead atoms. The van der Waals surface area contributed by atoms with Crippen molar-refractivity contribution in [1.82, 2.24) is 10.2 Å². The molecule has 0 radical (unpaired) electrons. The van der Waals surface area contributed by atoms with Crippen LogP contribution >= 0.6 is 23.2 Å². The van der Waals surface area contributed by atoms with E-state index in [-0.39, 0.29) is 29.1 Å². The lowest BCUT2D eigenvalue weighted by Crippen LogP contribution is -2.52. The van der Waals surface area contributed by atoms with Gasteiger partial charge in [-0.15, -0.1) is 0 Å². The Hall–Kier alpha value is -3.27. The Bertz CT molecular complexity index is 1430. The van der Waals surface area contributed by atoms with Crippen LogP contribution in [-0.2, 0) is 26.2 Å². The van der Waals surface area contributed by atoms with E-state index in [2.05, 4.69) is 5.32 Å². The third-order valence-electron chi connectivity index (χ3n) is 6.43. The Morgan fingerprint density at radius 3 is 2.15 bits per heavy atom. The number of rotatable bonds is 12. The van der Waals surface area contributed by atoms with Gasteiger partial charge in [-0.3, -0.25) is 13.9 Å². The highest BCUT2D eigenvalue weighted by Gasteiger charge is 2.33. The first-order valence-electron chi connectivity index (χ1n) is 12.7. The van der Waals surface area contributed by atoms with Crippen LogP contribution in [0.3, 0.4) is 0 Å².